The lowest BCUT2D eigenvalue weighted by Crippen LogP contribution is -2.24. The van der Waals surface area contributed by atoms with E-state index in [0.29, 0.717) is 11.6 Å². The van der Waals surface area contributed by atoms with Crippen molar-refractivity contribution in [2.75, 3.05) is 6.54 Å². The summed E-state index contributed by atoms with van der Waals surface area (Å²) < 4.78 is 4.02. The van der Waals surface area contributed by atoms with Crippen LogP contribution in [0.15, 0.2) is 34.0 Å². The summed E-state index contributed by atoms with van der Waals surface area (Å²) in [5.74, 6) is 0. The van der Waals surface area contributed by atoms with E-state index in [4.69, 9.17) is 11.6 Å². The highest BCUT2D eigenvalue weighted by atomic mass is 35.5. The first-order chi connectivity index (χ1) is 13.1. The number of aromatic nitrogens is 5. The summed E-state index contributed by atoms with van der Waals surface area (Å²) in [5, 5.41) is 5.02. The molecule has 3 aromatic heterocycles. The van der Waals surface area contributed by atoms with Crippen LogP contribution in [0.2, 0.25) is 5.02 Å². The van der Waals surface area contributed by atoms with Gasteiger partial charge >= 0.3 is 0 Å². The lowest BCUT2D eigenvalue weighted by Gasteiger charge is -2.10. The number of thiazole rings is 1. The average molecular weight is 418 g/mol. The zero-order valence-electron chi connectivity index (χ0n) is 14.9. The maximum atomic E-state index is 6.29. The van der Waals surface area contributed by atoms with E-state index < -0.39 is 0 Å². The van der Waals surface area contributed by atoms with Gasteiger partial charge < -0.3 is 9.88 Å². The molecule has 1 radical (unpaired) electrons. The smallest absolute Gasteiger partial charge is 0.177 e. The van der Waals surface area contributed by atoms with Crippen LogP contribution < -0.4 is 5.32 Å². The molecule has 9 heteroatoms. The monoisotopic (exact) mass is 417 g/mol. The van der Waals surface area contributed by atoms with E-state index >= 15 is 0 Å². The molecular formula is C18H18ClN6S2. The van der Waals surface area contributed by atoms with Gasteiger partial charge in [0, 0.05) is 12.6 Å². The van der Waals surface area contributed by atoms with Gasteiger partial charge in [0.25, 0.3) is 0 Å². The number of aryl methyl sites for hydroxylation is 1. The Bertz CT molecular complexity index is 1070. The Labute approximate surface area is 170 Å². The van der Waals surface area contributed by atoms with Gasteiger partial charge in [0.15, 0.2) is 15.1 Å². The van der Waals surface area contributed by atoms with Crippen LogP contribution in [0.25, 0.3) is 21.4 Å². The fourth-order valence-corrected chi connectivity index (χ4v) is 5.08. The zero-order chi connectivity index (χ0) is 18.8. The van der Waals surface area contributed by atoms with Crippen molar-refractivity contribution < 1.29 is 0 Å². The predicted octanol–water partition coefficient (Wildman–Crippen LogP) is 4.43. The second kappa shape index (κ2) is 8.10. The van der Waals surface area contributed by atoms with Crippen molar-refractivity contribution in [2.24, 2.45) is 0 Å². The second-order valence-electron chi connectivity index (χ2n) is 6.34. The van der Waals surface area contributed by atoms with Crippen LogP contribution in [0.5, 0.6) is 0 Å². The van der Waals surface area contributed by atoms with Crippen LogP contribution in [-0.2, 0) is 6.54 Å². The SMILES string of the molecule is CC(C)NCCCn1c(Sc2nc3cccc(Cl)c3s2)nc2[c]ncnc21. The van der Waals surface area contributed by atoms with E-state index in [0.717, 1.165) is 49.9 Å². The average Bonchev–Trinajstić information content (AvgIpc) is 3.21. The summed E-state index contributed by atoms with van der Waals surface area (Å²) in [6, 6.07) is 6.25. The molecule has 139 valence electrons. The minimum absolute atomic E-state index is 0.474. The molecule has 0 aliphatic heterocycles. The van der Waals surface area contributed by atoms with Crippen LogP contribution in [0, 0.1) is 6.20 Å². The molecule has 3 heterocycles. The Hall–Kier alpha value is -1.74. The Morgan fingerprint density at radius 1 is 1.33 bits per heavy atom. The van der Waals surface area contributed by atoms with Crippen LogP contribution in [0.1, 0.15) is 20.3 Å². The molecule has 0 aliphatic carbocycles. The van der Waals surface area contributed by atoms with Crippen molar-refractivity contribution in [3.8, 4) is 0 Å². The van der Waals surface area contributed by atoms with Gasteiger partial charge in [-0.3, -0.25) is 0 Å². The number of imidazole rings is 1. The lowest BCUT2D eigenvalue weighted by molar-refractivity contribution is 0.525. The molecule has 0 unspecified atom stereocenters. The van der Waals surface area contributed by atoms with E-state index in [9.17, 15) is 0 Å². The normalized spacial score (nSPS) is 11.9. The number of nitrogens with one attached hydrogen (secondary N) is 1. The minimum atomic E-state index is 0.474. The summed E-state index contributed by atoms with van der Waals surface area (Å²) in [6.45, 7) is 6.05. The Morgan fingerprint density at radius 3 is 3.04 bits per heavy atom. The standard InChI is InChI=1S/C18H18ClN6S2/c1-11(2)21-7-4-8-25-16-14(9-20-10-22-16)23-17(25)27-18-24-13-6-3-5-12(19)15(13)26-18/h3,5-6,10-11,21H,4,7-8H2,1-2H3. The van der Waals surface area contributed by atoms with Gasteiger partial charge in [-0.2, -0.15) is 0 Å². The summed E-state index contributed by atoms with van der Waals surface area (Å²) >= 11 is 9.40. The summed E-state index contributed by atoms with van der Waals surface area (Å²) in [7, 11) is 0. The second-order valence-corrected chi connectivity index (χ2v) is 8.96. The molecule has 4 aromatic rings. The zero-order valence-corrected chi connectivity index (χ0v) is 17.3. The van der Waals surface area contributed by atoms with Crippen molar-refractivity contribution in [1.29, 1.82) is 0 Å². The molecule has 0 spiro atoms. The molecule has 6 nitrogen and oxygen atoms in total. The van der Waals surface area contributed by atoms with Crippen molar-refractivity contribution >= 4 is 56.1 Å². The molecule has 1 aromatic carbocycles. The fraction of sp³-hybridized carbons (Fsp3) is 0.333. The first-order valence-corrected chi connectivity index (χ1v) is 10.7. The minimum Gasteiger partial charge on any atom is -0.314 e. The molecule has 4 rings (SSSR count). The molecule has 0 aliphatic rings. The molecular weight excluding hydrogens is 400 g/mol. The van der Waals surface area contributed by atoms with E-state index in [1.165, 1.54) is 18.1 Å². The third-order valence-electron chi connectivity index (χ3n) is 3.95. The van der Waals surface area contributed by atoms with Crippen molar-refractivity contribution in [1.82, 2.24) is 29.8 Å². The summed E-state index contributed by atoms with van der Waals surface area (Å²) in [5.41, 5.74) is 2.39. The Kier molecular flexibility index (Phi) is 5.58. The van der Waals surface area contributed by atoms with Crippen LogP contribution in [-0.4, -0.2) is 37.1 Å². The number of rotatable bonds is 7. The largest absolute Gasteiger partial charge is 0.314 e. The molecule has 0 fully saturated rings. The highest BCUT2D eigenvalue weighted by molar-refractivity contribution is 8.01. The first-order valence-electron chi connectivity index (χ1n) is 8.67. The molecule has 1 N–H and O–H groups in total. The number of fused-ring (bicyclic) bond motifs is 2. The van der Waals surface area contributed by atoms with Crippen molar-refractivity contribution in [3.05, 3.63) is 35.7 Å². The molecule has 0 amide bonds. The number of benzene rings is 1. The first kappa shape index (κ1) is 18.6. The Morgan fingerprint density at radius 2 is 2.22 bits per heavy atom. The molecule has 0 bridgehead atoms. The van der Waals surface area contributed by atoms with Gasteiger partial charge in [0.05, 0.1) is 15.2 Å². The van der Waals surface area contributed by atoms with E-state index in [1.54, 1.807) is 11.3 Å². The third-order valence-corrected chi connectivity index (χ3v) is 6.54. The molecule has 0 saturated carbocycles. The van der Waals surface area contributed by atoms with E-state index in [2.05, 4.69) is 49.9 Å². The number of hydrogen-bond donors (Lipinski definition) is 1. The van der Waals surface area contributed by atoms with Crippen LogP contribution in [0.3, 0.4) is 0 Å². The number of hydrogen-bond acceptors (Lipinski definition) is 7. The maximum absolute atomic E-state index is 6.29. The molecule has 0 atom stereocenters. The topological polar surface area (TPSA) is 68.5 Å². The highest BCUT2D eigenvalue weighted by Crippen LogP contribution is 2.37. The third kappa shape index (κ3) is 4.08. The van der Waals surface area contributed by atoms with Crippen molar-refractivity contribution in [3.63, 3.8) is 0 Å². The number of nitrogens with zero attached hydrogens (tertiary/aromatic N) is 5. The lowest BCUT2D eigenvalue weighted by atomic mass is 10.3. The van der Waals surface area contributed by atoms with Gasteiger partial charge in [0.2, 0.25) is 0 Å². The van der Waals surface area contributed by atoms with Gasteiger partial charge in [-0.05, 0) is 36.9 Å². The molecule has 27 heavy (non-hydrogen) atoms. The molecule has 0 saturated heterocycles. The predicted molar refractivity (Wildman–Crippen MR) is 111 cm³/mol. The highest BCUT2D eigenvalue weighted by Gasteiger charge is 2.16. The van der Waals surface area contributed by atoms with E-state index in [1.807, 2.05) is 18.2 Å². The van der Waals surface area contributed by atoms with Crippen LogP contribution in [0.4, 0.5) is 0 Å². The number of halogens is 1. The van der Waals surface area contributed by atoms with Gasteiger partial charge in [-0.1, -0.05) is 31.5 Å². The van der Waals surface area contributed by atoms with Gasteiger partial charge in [-0.25, -0.2) is 19.9 Å². The summed E-state index contributed by atoms with van der Waals surface area (Å²) in [6.07, 6.45) is 5.42. The quantitative estimate of drug-likeness (QED) is 0.448. The van der Waals surface area contributed by atoms with Gasteiger partial charge in [0.1, 0.15) is 18.0 Å². The van der Waals surface area contributed by atoms with Crippen molar-refractivity contribution in [2.45, 2.75) is 42.4 Å². The Balaban J connectivity index is 1.63. The fourth-order valence-electron chi connectivity index (χ4n) is 2.73. The maximum Gasteiger partial charge on any atom is 0.177 e. The summed E-state index contributed by atoms with van der Waals surface area (Å²) in [4.78, 5) is 17.7. The van der Waals surface area contributed by atoms with Gasteiger partial charge in [-0.15, -0.1) is 11.3 Å². The van der Waals surface area contributed by atoms with Crippen LogP contribution >= 0.6 is 34.7 Å². The van der Waals surface area contributed by atoms with E-state index in [-0.39, 0.29) is 0 Å².